The van der Waals surface area contributed by atoms with Crippen LogP contribution in [0.1, 0.15) is 20.8 Å². The van der Waals surface area contributed by atoms with E-state index in [0.29, 0.717) is 0 Å². The summed E-state index contributed by atoms with van der Waals surface area (Å²) >= 11 is 0. The number of alkyl halides is 6. The molecule has 144 valence electrons. The summed E-state index contributed by atoms with van der Waals surface area (Å²) in [7, 11) is 1.25. The number of carbonyl (C=O) groups excluding carboxylic acids is 1. The smallest absolute Gasteiger partial charge is 0.410 e. The van der Waals surface area contributed by atoms with Crippen molar-refractivity contribution in [2.45, 2.75) is 44.1 Å². The molecule has 0 fully saturated rings. The number of nitrogens with zero attached hydrogens (tertiary/aromatic N) is 1. The Labute approximate surface area is 135 Å². The second kappa shape index (κ2) is 7.77. The van der Waals surface area contributed by atoms with Crippen LogP contribution in [0.3, 0.4) is 0 Å². The Morgan fingerprint density at radius 2 is 1.54 bits per heavy atom. The highest BCUT2D eigenvalue weighted by Gasteiger charge is 2.71. The predicted molar refractivity (Wildman–Crippen MR) is 71.6 cm³/mol. The van der Waals surface area contributed by atoms with E-state index in [-0.39, 0.29) is 6.54 Å². The molecular weight excluding hydrogens is 348 g/mol. The molecule has 0 spiro atoms. The van der Waals surface area contributed by atoms with E-state index in [0.717, 1.165) is 4.90 Å². The number of rotatable bonds is 8. The largest absolute Gasteiger partial charge is 0.444 e. The van der Waals surface area contributed by atoms with Gasteiger partial charge in [-0.15, -0.1) is 0 Å². The highest BCUT2D eigenvalue weighted by Crippen LogP contribution is 2.45. The molecule has 0 saturated carbocycles. The summed E-state index contributed by atoms with van der Waals surface area (Å²) in [6, 6.07) is 0. The van der Waals surface area contributed by atoms with Crippen molar-refractivity contribution in [2.75, 3.05) is 33.4 Å². The number of carbonyl (C=O) groups is 1. The zero-order chi connectivity index (χ0) is 19.4. The number of likely N-dealkylation sites (N-methyl/N-ethyl adjacent to an activating group) is 1. The van der Waals surface area contributed by atoms with Crippen molar-refractivity contribution in [3.8, 4) is 0 Å². The average molecular weight is 369 g/mol. The normalized spacial score (nSPS) is 13.8. The molecule has 5 nitrogen and oxygen atoms in total. The molecule has 0 aromatic rings. The fraction of sp³-hybridized carbons (Fsp3) is 0.923. The molecule has 1 N–H and O–H groups in total. The van der Waals surface area contributed by atoms with Gasteiger partial charge in [-0.05, 0) is 20.8 Å². The van der Waals surface area contributed by atoms with Gasteiger partial charge < -0.3 is 19.5 Å². The molecule has 0 aliphatic carbocycles. The molecule has 11 heteroatoms. The van der Waals surface area contributed by atoms with Crippen LogP contribution in [-0.2, 0) is 9.47 Å². The average Bonchev–Trinajstić information content (AvgIpc) is 2.40. The molecular formula is C13H21F6NO4. The van der Waals surface area contributed by atoms with Crippen LogP contribution in [0.25, 0.3) is 0 Å². The van der Waals surface area contributed by atoms with Gasteiger partial charge in [-0.25, -0.2) is 4.79 Å². The van der Waals surface area contributed by atoms with E-state index >= 15 is 0 Å². The Kier molecular flexibility index (Phi) is 7.37. The highest BCUT2D eigenvalue weighted by atomic mass is 19.3. The third kappa shape index (κ3) is 6.00. The van der Waals surface area contributed by atoms with Crippen molar-refractivity contribution in [2.24, 2.45) is 0 Å². The summed E-state index contributed by atoms with van der Waals surface area (Å²) in [5, 5.41) is 8.13. The third-order valence-corrected chi connectivity index (χ3v) is 2.68. The molecule has 0 aromatic carbocycles. The molecule has 0 unspecified atom stereocenters. The first kappa shape index (κ1) is 22.8. The van der Waals surface area contributed by atoms with Crippen molar-refractivity contribution in [1.29, 1.82) is 0 Å². The number of aliphatic hydroxyl groups is 1. The predicted octanol–water partition coefficient (Wildman–Crippen LogP) is 2.77. The van der Waals surface area contributed by atoms with E-state index in [9.17, 15) is 31.1 Å². The molecule has 0 aliphatic heterocycles. The van der Waals surface area contributed by atoms with Gasteiger partial charge >= 0.3 is 23.9 Å². The lowest BCUT2D eigenvalue weighted by Crippen LogP contribution is -2.57. The van der Waals surface area contributed by atoms with Gasteiger partial charge in [-0.3, -0.25) is 0 Å². The van der Waals surface area contributed by atoms with Crippen molar-refractivity contribution in [1.82, 2.24) is 4.90 Å². The second-order valence-electron chi connectivity index (χ2n) is 6.10. The summed E-state index contributed by atoms with van der Waals surface area (Å²) < 4.78 is 87.2. The molecule has 0 heterocycles. The number of ether oxygens (including phenoxy) is 2. The molecule has 1 amide bonds. The maximum Gasteiger partial charge on any atom is 0.410 e. The van der Waals surface area contributed by atoms with E-state index in [1.54, 1.807) is 20.8 Å². The summed E-state index contributed by atoms with van der Waals surface area (Å²) in [6.45, 7) is -0.536. The minimum absolute atomic E-state index is 0.285. The van der Waals surface area contributed by atoms with Gasteiger partial charge in [0.15, 0.2) is 0 Å². The number of hydrogen-bond donors (Lipinski definition) is 1. The van der Waals surface area contributed by atoms with Crippen molar-refractivity contribution in [3.63, 3.8) is 0 Å². The van der Waals surface area contributed by atoms with E-state index in [1.807, 2.05) is 0 Å². The van der Waals surface area contributed by atoms with Crippen LogP contribution in [0.4, 0.5) is 31.1 Å². The summed E-state index contributed by atoms with van der Waals surface area (Å²) in [5.41, 5.74) is -0.794. The lowest BCUT2D eigenvalue weighted by Gasteiger charge is -2.31. The standard InChI is InChI=1S/C13H21F6NO4/c1-10(2,3)24-9(22)20(4)5-6-23-8-12(16,17)13(18,19)11(14,15)7-21/h21H,5-8H2,1-4H3. The molecule has 0 aliphatic rings. The van der Waals surface area contributed by atoms with E-state index in [4.69, 9.17) is 9.84 Å². The van der Waals surface area contributed by atoms with E-state index < -0.39 is 49.3 Å². The van der Waals surface area contributed by atoms with Crippen molar-refractivity contribution in [3.05, 3.63) is 0 Å². The van der Waals surface area contributed by atoms with Crippen LogP contribution >= 0.6 is 0 Å². The van der Waals surface area contributed by atoms with E-state index in [2.05, 4.69) is 4.74 Å². The quantitative estimate of drug-likeness (QED) is 0.528. The van der Waals surface area contributed by atoms with Crippen LogP contribution < -0.4 is 0 Å². The maximum absolute atomic E-state index is 13.2. The van der Waals surface area contributed by atoms with Gasteiger partial charge in [-0.1, -0.05) is 0 Å². The summed E-state index contributed by atoms with van der Waals surface area (Å²) in [6.07, 6.45) is -0.796. The fourth-order valence-corrected chi connectivity index (χ4v) is 1.29. The second-order valence-corrected chi connectivity index (χ2v) is 6.10. The summed E-state index contributed by atoms with van der Waals surface area (Å²) in [5.74, 6) is -16.3. The first-order valence-electron chi connectivity index (χ1n) is 6.83. The number of halogens is 6. The van der Waals surface area contributed by atoms with Crippen LogP contribution in [0, 0.1) is 0 Å². The Morgan fingerprint density at radius 1 is 1.04 bits per heavy atom. The number of amides is 1. The molecule has 0 rings (SSSR count). The first-order chi connectivity index (χ1) is 10.6. The molecule has 0 radical (unpaired) electrons. The summed E-state index contributed by atoms with van der Waals surface area (Å²) in [4.78, 5) is 12.5. The van der Waals surface area contributed by atoms with E-state index in [1.165, 1.54) is 7.05 Å². The first-order valence-corrected chi connectivity index (χ1v) is 6.83. The van der Waals surface area contributed by atoms with Crippen LogP contribution in [0.15, 0.2) is 0 Å². The third-order valence-electron chi connectivity index (χ3n) is 2.68. The van der Waals surface area contributed by atoms with Crippen molar-refractivity contribution >= 4 is 6.09 Å². The molecule has 24 heavy (non-hydrogen) atoms. The molecule has 0 saturated heterocycles. The zero-order valence-corrected chi connectivity index (χ0v) is 13.7. The Morgan fingerprint density at radius 3 is 1.96 bits per heavy atom. The SMILES string of the molecule is CN(CCOCC(F)(F)C(F)(F)C(F)(F)CO)C(=O)OC(C)(C)C. The molecule has 0 aromatic heterocycles. The number of aliphatic hydroxyl groups excluding tert-OH is 1. The van der Waals surface area contributed by atoms with Crippen molar-refractivity contribution < 1.29 is 45.7 Å². The minimum atomic E-state index is -5.79. The lowest BCUT2D eigenvalue weighted by atomic mass is 10.1. The molecule has 0 bridgehead atoms. The Hall–Kier alpha value is -1.23. The Balaban J connectivity index is 4.48. The van der Waals surface area contributed by atoms with Gasteiger partial charge in [-0.2, -0.15) is 26.3 Å². The van der Waals surface area contributed by atoms with Crippen LogP contribution in [0.2, 0.25) is 0 Å². The van der Waals surface area contributed by atoms with Gasteiger partial charge in [0, 0.05) is 13.6 Å². The number of hydrogen-bond acceptors (Lipinski definition) is 4. The van der Waals surface area contributed by atoms with Gasteiger partial charge in [0.25, 0.3) is 0 Å². The zero-order valence-electron chi connectivity index (χ0n) is 13.7. The molecule has 0 atom stereocenters. The maximum atomic E-state index is 13.2. The van der Waals surface area contributed by atoms with Gasteiger partial charge in [0.05, 0.1) is 6.61 Å². The monoisotopic (exact) mass is 369 g/mol. The fourth-order valence-electron chi connectivity index (χ4n) is 1.29. The van der Waals surface area contributed by atoms with Gasteiger partial charge in [0.2, 0.25) is 0 Å². The lowest BCUT2D eigenvalue weighted by molar-refractivity contribution is -0.326. The topological polar surface area (TPSA) is 59.0 Å². The van der Waals surface area contributed by atoms with Crippen LogP contribution in [-0.4, -0.2) is 72.9 Å². The Bertz CT molecular complexity index is 425. The highest BCUT2D eigenvalue weighted by molar-refractivity contribution is 5.67. The van der Waals surface area contributed by atoms with Gasteiger partial charge in [0.1, 0.15) is 18.8 Å². The van der Waals surface area contributed by atoms with Crippen LogP contribution in [0.5, 0.6) is 0 Å². The minimum Gasteiger partial charge on any atom is -0.444 e.